The molecule has 7 rings (SSSR count). The minimum atomic E-state index is 0.930. The van der Waals surface area contributed by atoms with Crippen molar-refractivity contribution in [3.63, 3.8) is 0 Å². The summed E-state index contributed by atoms with van der Waals surface area (Å²) in [6.07, 6.45) is 0. The van der Waals surface area contributed by atoms with Crippen molar-refractivity contribution in [1.29, 1.82) is 0 Å². The van der Waals surface area contributed by atoms with Gasteiger partial charge in [0.25, 0.3) is 0 Å². The molecule has 0 radical (unpaired) electrons. The summed E-state index contributed by atoms with van der Waals surface area (Å²) < 4.78 is 8.53. The first-order valence-electron chi connectivity index (χ1n) is 11.3. The van der Waals surface area contributed by atoms with Gasteiger partial charge in [0.05, 0.1) is 11.0 Å². The highest BCUT2D eigenvalue weighted by Crippen LogP contribution is 2.37. The summed E-state index contributed by atoms with van der Waals surface area (Å²) >= 11 is 0. The van der Waals surface area contributed by atoms with E-state index in [1.54, 1.807) is 0 Å². The fourth-order valence-corrected chi connectivity index (χ4v) is 5.08. The topological polar surface area (TPSA) is 18.1 Å². The number of para-hydroxylation sites is 2. The molecule has 0 aliphatic carbocycles. The predicted octanol–water partition coefficient (Wildman–Crippen LogP) is 8.66. The van der Waals surface area contributed by atoms with Crippen molar-refractivity contribution in [3.8, 4) is 16.8 Å². The number of benzene rings is 5. The van der Waals surface area contributed by atoms with Gasteiger partial charge in [-0.3, -0.25) is 0 Å². The summed E-state index contributed by atoms with van der Waals surface area (Å²) in [4.78, 5) is 0. The zero-order chi connectivity index (χ0) is 21.9. The molecule has 0 fully saturated rings. The Labute approximate surface area is 191 Å². The second-order valence-electron chi connectivity index (χ2n) is 8.73. The number of hydrogen-bond acceptors (Lipinski definition) is 1. The monoisotopic (exact) mass is 423 g/mol. The fraction of sp³-hybridized carbons (Fsp3) is 0.0323. The number of nitrogens with zero attached hydrogens (tertiary/aromatic N) is 1. The fourth-order valence-electron chi connectivity index (χ4n) is 5.08. The Balaban J connectivity index is 1.45. The van der Waals surface area contributed by atoms with Gasteiger partial charge in [0, 0.05) is 27.2 Å². The van der Waals surface area contributed by atoms with E-state index in [-0.39, 0.29) is 0 Å². The number of hydrogen-bond donors (Lipinski definition) is 0. The van der Waals surface area contributed by atoms with Gasteiger partial charge in [-0.2, -0.15) is 0 Å². The first kappa shape index (κ1) is 18.3. The van der Waals surface area contributed by atoms with Crippen LogP contribution < -0.4 is 0 Å². The van der Waals surface area contributed by atoms with Crippen molar-refractivity contribution < 1.29 is 4.42 Å². The maximum absolute atomic E-state index is 6.19. The molecule has 5 aromatic carbocycles. The summed E-state index contributed by atoms with van der Waals surface area (Å²) in [5, 5.41) is 4.86. The van der Waals surface area contributed by atoms with Crippen LogP contribution in [0.4, 0.5) is 0 Å². The van der Waals surface area contributed by atoms with Gasteiger partial charge >= 0.3 is 0 Å². The number of furan rings is 1. The minimum absolute atomic E-state index is 0.930. The third-order valence-corrected chi connectivity index (χ3v) is 6.65. The SMILES string of the molecule is Cc1ccc2oc3cc(-c4ccc5c(c4)c4ccccc4n5-c4ccccc4)ccc3c2c1. The molecule has 0 N–H and O–H groups in total. The van der Waals surface area contributed by atoms with E-state index in [1.807, 2.05) is 0 Å². The van der Waals surface area contributed by atoms with Crippen molar-refractivity contribution in [2.45, 2.75) is 6.92 Å². The average molecular weight is 424 g/mol. The second-order valence-corrected chi connectivity index (χ2v) is 8.73. The molecule has 0 bridgehead atoms. The second kappa shape index (κ2) is 6.85. The van der Waals surface area contributed by atoms with Gasteiger partial charge < -0.3 is 8.98 Å². The molecule has 0 aliphatic heterocycles. The Bertz CT molecular complexity index is 1820. The summed E-state index contributed by atoms with van der Waals surface area (Å²) in [6.45, 7) is 2.12. The van der Waals surface area contributed by atoms with E-state index in [1.165, 1.54) is 49.4 Å². The lowest BCUT2D eigenvalue weighted by Gasteiger charge is -2.08. The first-order valence-corrected chi connectivity index (χ1v) is 11.3. The standard InChI is InChI=1S/C31H21NO/c1-20-11-16-30-27(17-20)25-14-12-22(19-31(25)33-30)21-13-15-29-26(18-21)24-9-5-6-10-28(24)32(29)23-7-3-2-4-8-23/h2-19H,1H3. The van der Waals surface area contributed by atoms with Crippen LogP contribution in [0.1, 0.15) is 5.56 Å². The van der Waals surface area contributed by atoms with Crippen LogP contribution in [-0.4, -0.2) is 4.57 Å². The molecule has 0 saturated heterocycles. The molecule has 0 atom stereocenters. The molecule has 0 amide bonds. The molecule has 0 spiro atoms. The maximum Gasteiger partial charge on any atom is 0.136 e. The van der Waals surface area contributed by atoms with E-state index in [0.717, 1.165) is 16.7 Å². The number of rotatable bonds is 2. The van der Waals surface area contributed by atoms with Crippen LogP contribution in [0.15, 0.2) is 114 Å². The Hall–Kier alpha value is -4.30. The van der Waals surface area contributed by atoms with Gasteiger partial charge in [0.2, 0.25) is 0 Å². The van der Waals surface area contributed by atoms with Gasteiger partial charge in [0.1, 0.15) is 11.2 Å². The van der Waals surface area contributed by atoms with Crippen molar-refractivity contribution in [2.24, 2.45) is 0 Å². The molecule has 0 aliphatic rings. The molecule has 0 unspecified atom stereocenters. The van der Waals surface area contributed by atoms with Crippen molar-refractivity contribution in [1.82, 2.24) is 4.57 Å². The van der Waals surface area contributed by atoms with Crippen LogP contribution in [0.25, 0.3) is 60.6 Å². The van der Waals surface area contributed by atoms with E-state index in [4.69, 9.17) is 4.42 Å². The van der Waals surface area contributed by atoms with Crippen LogP contribution in [-0.2, 0) is 0 Å². The highest BCUT2D eigenvalue weighted by molar-refractivity contribution is 6.11. The summed E-state index contributed by atoms with van der Waals surface area (Å²) in [7, 11) is 0. The number of aryl methyl sites for hydroxylation is 1. The van der Waals surface area contributed by atoms with Crippen LogP contribution >= 0.6 is 0 Å². The zero-order valence-corrected chi connectivity index (χ0v) is 18.2. The third-order valence-electron chi connectivity index (χ3n) is 6.65. The molecule has 156 valence electrons. The Morgan fingerprint density at radius 1 is 0.515 bits per heavy atom. The van der Waals surface area contributed by atoms with Gasteiger partial charge in [0.15, 0.2) is 0 Å². The van der Waals surface area contributed by atoms with Gasteiger partial charge in [-0.1, -0.05) is 60.2 Å². The number of aromatic nitrogens is 1. The molecule has 2 heterocycles. The van der Waals surface area contributed by atoms with E-state index in [0.29, 0.717) is 0 Å². The van der Waals surface area contributed by atoms with Crippen LogP contribution in [0.3, 0.4) is 0 Å². The lowest BCUT2D eigenvalue weighted by atomic mass is 10.0. The van der Waals surface area contributed by atoms with E-state index >= 15 is 0 Å². The maximum atomic E-state index is 6.19. The largest absolute Gasteiger partial charge is 0.456 e. The molecule has 33 heavy (non-hydrogen) atoms. The van der Waals surface area contributed by atoms with E-state index < -0.39 is 0 Å². The lowest BCUT2D eigenvalue weighted by molar-refractivity contribution is 0.669. The first-order chi connectivity index (χ1) is 16.3. The smallest absolute Gasteiger partial charge is 0.136 e. The van der Waals surface area contributed by atoms with E-state index in [2.05, 4.69) is 121 Å². The average Bonchev–Trinajstić information content (AvgIpc) is 3.39. The molecule has 7 aromatic rings. The third kappa shape index (κ3) is 2.74. The van der Waals surface area contributed by atoms with Crippen molar-refractivity contribution in [2.75, 3.05) is 0 Å². The number of fused-ring (bicyclic) bond motifs is 6. The molecular formula is C31H21NO. The zero-order valence-electron chi connectivity index (χ0n) is 18.2. The van der Waals surface area contributed by atoms with Crippen LogP contribution in [0, 0.1) is 6.92 Å². The highest BCUT2D eigenvalue weighted by Gasteiger charge is 2.14. The van der Waals surface area contributed by atoms with Crippen molar-refractivity contribution >= 4 is 43.7 Å². The van der Waals surface area contributed by atoms with Crippen molar-refractivity contribution in [3.05, 3.63) is 115 Å². The van der Waals surface area contributed by atoms with E-state index in [9.17, 15) is 0 Å². The molecule has 2 nitrogen and oxygen atoms in total. The van der Waals surface area contributed by atoms with Gasteiger partial charge in [-0.25, -0.2) is 0 Å². The highest BCUT2D eigenvalue weighted by atomic mass is 16.3. The van der Waals surface area contributed by atoms with Gasteiger partial charge in [-0.15, -0.1) is 0 Å². The normalized spacial score (nSPS) is 11.8. The summed E-state index contributed by atoms with van der Waals surface area (Å²) in [5.41, 5.74) is 9.08. The Kier molecular flexibility index (Phi) is 3.80. The Morgan fingerprint density at radius 2 is 1.27 bits per heavy atom. The molecule has 0 saturated carbocycles. The van der Waals surface area contributed by atoms with Crippen LogP contribution in [0.2, 0.25) is 0 Å². The van der Waals surface area contributed by atoms with Gasteiger partial charge in [-0.05, 0) is 72.6 Å². The Morgan fingerprint density at radius 3 is 2.18 bits per heavy atom. The lowest BCUT2D eigenvalue weighted by Crippen LogP contribution is -1.92. The molecular weight excluding hydrogens is 402 g/mol. The quantitative estimate of drug-likeness (QED) is 0.272. The predicted molar refractivity (Wildman–Crippen MR) is 138 cm³/mol. The molecule has 2 aromatic heterocycles. The molecule has 2 heteroatoms. The minimum Gasteiger partial charge on any atom is -0.456 e. The van der Waals surface area contributed by atoms with Crippen LogP contribution in [0.5, 0.6) is 0 Å². The summed E-state index contributed by atoms with van der Waals surface area (Å²) in [6, 6.07) is 38.9. The summed E-state index contributed by atoms with van der Waals surface area (Å²) in [5.74, 6) is 0.